The Morgan fingerprint density at radius 3 is 2.38 bits per heavy atom. The fraction of sp³-hybridized carbons (Fsp3) is 0.0833. The van der Waals surface area contributed by atoms with Crippen molar-refractivity contribution >= 4 is 33.7 Å². The lowest BCUT2D eigenvalue weighted by atomic mass is 10.2. The summed E-state index contributed by atoms with van der Waals surface area (Å²) in [5.41, 5.74) is 2.27. The predicted molar refractivity (Wildman–Crippen MR) is 122 cm³/mol. The first kappa shape index (κ1) is 22.0. The van der Waals surface area contributed by atoms with Crippen LogP contribution in [0.5, 0.6) is 5.75 Å². The lowest BCUT2D eigenvalue weighted by Gasteiger charge is -2.13. The minimum Gasteiger partial charge on any atom is -0.406 e. The molecule has 172 valence electrons. The van der Waals surface area contributed by atoms with Crippen molar-refractivity contribution in [3.63, 3.8) is 0 Å². The summed E-state index contributed by atoms with van der Waals surface area (Å²) in [6, 6.07) is 18.3. The number of nitrogens with zero attached hydrogens (tertiary/aromatic N) is 2. The van der Waals surface area contributed by atoms with Crippen molar-refractivity contribution < 1.29 is 22.3 Å². The Bertz CT molecular complexity index is 1540. The van der Waals surface area contributed by atoms with Crippen LogP contribution in [0.4, 0.5) is 17.6 Å². The van der Waals surface area contributed by atoms with E-state index in [0.717, 1.165) is 28.6 Å². The standard InChI is InChI=1S/C24H15F4N3O2S/c25-15-7-5-14(6-8-15)13-34-23-30-20-18-3-1-2-4-19(18)29-21(20)22(32)31(23)16-9-11-17(12-10-16)33-24(26,27)28/h1-12,29H,13H2. The van der Waals surface area contributed by atoms with Crippen LogP contribution in [0.15, 0.2) is 82.7 Å². The molecule has 0 fully saturated rings. The van der Waals surface area contributed by atoms with Crippen LogP contribution in [-0.4, -0.2) is 20.9 Å². The van der Waals surface area contributed by atoms with Gasteiger partial charge in [-0.1, -0.05) is 42.1 Å². The van der Waals surface area contributed by atoms with E-state index in [-0.39, 0.29) is 11.3 Å². The van der Waals surface area contributed by atoms with Gasteiger partial charge >= 0.3 is 6.36 Å². The van der Waals surface area contributed by atoms with Gasteiger partial charge in [-0.15, -0.1) is 13.2 Å². The lowest BCUT2D eigenvalue weighted by Crippen LogP contribution is -2.22. The van der Waals surface area contributed by atoms with Gasteiger partial charge in [-0.05, 0) is 48.0 Å². The maximum atomic E-state index is 13.5. The molecule has 0 aliphatic carbocycles. The number of para-hydroxylation sites is 1. The molecule has 5 rings (SSSR count). The number of fused-ring (bicyclic) bond motifs is 3. The second-order valence-electron chi connectivity index (χ2n) is 7.39. The Labute approximate surface area is 194 Å². The van der Waals surface area contributed by atoms with E-state index in [0.29, 0.717) is 22.1 Å². The molecule has 34 heavy (non-hydrogen) atoms. The number of aromatic nitrogens is 3. The molecule has 0 amide bonds. The molecule has 0 saturated carbocycles. The number of ether oxygens (including phenoxy) is 1. The molecule has 5 aromatic rings. The summed E-state index contributed by atoms with van der Waals surface area (Å²) >= 11 is 1.26. The van der Waals surface area contributed by atoms with Gasteiger partial charge in [0, 0.05) is 16.7 Å². The van der Waals surface area contributed by atoms with Gasteiger partial charge in [0.05, 0.1) is 5.69 Å². The zero-order chi connectivity index (χ0) is 23.9. The van der Waals surface area contributed by atoms with Gasteiger partial charge in [0.15, 0.2) is 5.16 Å². The van der Waals surface area contributed by atoms with E-state index in [9.17, 15) is 22.4 Å². The SMILES string of the molecule is O=c1c2[nH]c3ccccc3c2nc(SCc2ccc(F)cc2)n1-c1ccc(OC(F)(F)F)cc1. The number of rotatable bonds is 5. The highest BCUT2D eigenvalue weighted by molar-refractivity contribution is 7.98. The summed E-state index contributed by atoms with van der Waals surface area (Å²) in [5, 5.41) is 1.12. The molecule has 0 radical (unpaired) electrons. The average molecular weight is 485 g/mol. The zero-order valence-electron chi connectivity index (χ0n) is 17.3. The van der Waals surface area contributed by atoms with Crippen molar-refractivity contribution in [1.29, 1.82) is 0 Å². The van der Waals surface area contributed by atoms with Crippen LogP contribution < -0.4 is 10.3 Å². The van der Waals surface area contributed by atoms with Crippen molar-refractivity contribution in [2.45, 2.75) is 17.3 Å². The molecule has 10 heteroatoms. The Morgan fingerprint density at radius 2 is 1.68 bits per heavy atom. The van der Waals surface area contributed by atoms with Gasteiger partial charge in [-0.2, -0.15) is 0 Å². The monoisotopic (exact) mass is 485 g/mol. The minimum atomic E-state index is -4.82. The molecule has 2 heterocycles. The fourth-order valence-corrected chi connectivity index (χ4v) is 4.55. The maximum Gasteiger partial charge on any atom is 0.573 e. The van der Waals surface area contributed by atoms with Crippen molar-refractivity contribution in [2.75, 3.05) is 0 Å². The fourth-order valence-electron chi connectivity index (χ4n) is 3.59. The van der Waals surface area contributed by atoms with E-state index < -0.39 is 17.7 Å². The largest absolute Gasteiger partial charge is 0.573 e. The maximum absolute atomic E-state index is 13.5. The number of benzene rings is 3. The van der Waals surface area contributed by atoms with Crippen LogP contribution in [0.3, 0.4) is 0 Å². The first-order valence-corrected chi connectivity index (χ1v) is 11.0. The van der Waals surface area contributed by atoms with Crippen LogP contribution in [0.2, 0.25) is 0 Å². The van der Waals surface area contributed by atoms with Gasteiger partial charge in [0.1, 0.15) is 22.6 Å². The summed E-state index contributed by atoms with van der Waals surface area (Å²) < 4.78 is 56.1. The number of aromatic amines is 1. The van der Waals surface area contributed by atoms with Gasteiger partial charge in [-0.25, -0.2) is 9.37 Å². The first-order chi connectivity index (χ1) is 16.3. The first-order valence-electron chi connectivity index (χ1n) is 10.1. The summed E-state index contributed by atoms with van der Waals surface area (Å²) in [6.07, 6.45) is -4.82. The molecule has 0 spiro atoms. The van der Waals surface area contributed by atoms with Crippen molar-refractivity contribution in [3.8, 4) is 11.4 Å². The molecule has 0 atom stereocenters. The number of thioether (sulfide) groups is 1. The number of hydrogen-bond acceptors (Lipinski definition) is 4. The third kappa shape index (κ3) is 4.36. The van der Waals surface area contributed by atoms with Gasteiger partial charge in [-0.3, -0.25) is 9.36 Å². The van der Waals surface area contributed by atoms with Gasteiger partial charge < -0.3 is 9.72 Å². The molecule has 2 aromatic heterocycles. The number of halogens is 4. The van der Waals surface area contributed by atoms with Gasteiger partial charge in [0.2, 0.25) is 0 Å². The van der Waals surface area contributed by atoms with E-state index in [1.165, 1.54) is 40.6 Å². The summed E-state index contributed by atoms with van der Waals surface area (Å²) in [4.78, 5) is 21.3. The van der Waals surface area contributed by atoms with Gasteiger partial charge in [0.25, 0.3) is 5.56 Å². The van der Waals surface area contributed by atoms with Crippen molar-refractivity contribution in [2.24, 2.45) is 0 Å². The van der Waals surface area contributed by atoms with Crippen LogP contribution in [0.1, 0.15) is 5.56 Å². The highest BCUT2D eigenvalue weighted by Crippen LogP contribution is 2.29. The van der Waals surface area contributed by atoms with E-state index in [4.69, 9.17) is 4.98 Å². The number of hydrogen-bond donors (Lipinski definition) is 1. The molecule has 0 bridgehead atoms. The molecule has 0 unspecified atom stereocenters. The van der Waals surface area contributed by atoms with E-state index in [2.05, 4.69) is 9.72 Å². The summed E-state index contributed by atoms with van der Waals surface area (Å²) in [6.45, 7) is 0. The second kappa shape index (κ2) is 8.53. The lowest BCUT2D eigenvalue weighted by molar-refractivity contribution is -0.274. The Balaban J connectivity index is 1.62. The Kier molecular flexibility index (Phi) is 5.52. The van der Waals surface area contributed by atoms with Crippen LogP contribution in [-0.2, 0) is 5.75 Å². The number of nitrogens with one attached hydrogen (secondary N) is 1. The molecule has 0 aliphatic rings. The Morgan fingerprint density at radius 1 is 0.971 bits per heavy atom. The van der Waals surface area contributed by atoms with E-state index in [1.54, 1.807) is 12.1 Å². The zero-order valence-corrected chi connectivity index (χ0v) is 18.1. The molecule has 5 nitrogen and oxygen atoms in total. The predicted octanol–water partition coefficient (Wildman–Crippen LogP) is 6.20. The summed E-state index contributed by atoms with van der Waals surface area (Å²) in [5.74, 6) is -0.356. The highest BCUT2D eigenvalue weighted by Gasteiger charge is 2.31. The highest BCUT2D eigenvalue weighted by atomic mass is 32.2. The second-order valence-corrected chi connectivity index (χ2v) is 8.33. The molecule has 3 aromatic carbocycles. The number of alkyl halides is 3. The van der Waals surface area contributed by atoms with Crippen LogP contribution >= 0.6 is 11.8 Å². The topological polar surface area (TPSA) is 59.9 Å². The quantitative estimate of drug-likeness (QED) is 0.183. The average Bonchev–Trinajstić information content (AvgIpc) is 3.18. The summed E-state index contributed by atoms with van der Waals surface area (Å²) in [7, 11) is 0. The van der Waals surface area contributed by atoms with E-state index >= 15 is 0 Å². The van der Waals surface area contributed by atoms with Crippen molar-refractivity contribution in [3.05, 3.63) is 94.5 Å². The third-order valence-electron chi connectivity index (χ3n) is 5.10. The molecular weight excluding hydrogens is 470 g/mol. The van der Waals surface area contributed by atoms with Crippen LogP contribution in [0, 0.1) is 5.82 Å². The van der Waals surface area contributed by atoms with E-state index in [1.807, 2.05) is 24.3 Å². The Hall–Kier alpha value is -3.79. The molecule has 0 saturated heterocycles. The molecular formula is C24H15F4N3O2S. The molecule has 1 N–H and O–H groups in total. The third-order valence-corrected chi connectivity index (χ3v) is 6.11. The van der Waals surface area contributed by atoms with Crippen molar-refractivity contribution in [1.82, 2.24) is 14.5 Å². The van der Waals surface area contributed by atoms with Crippen LogP contribution in [0.25, 0.3) is 27.6 Å². The molecule has 0 aliphatic heterocycles. The minimum absolute atomic E-state index is 0.281. The smallest absolute Gasteiger partial charge is 0.406 e. The normalized spacial score (nSPS) is 11.9. The number of H-pyrrole nitrogens is 1.